The molecular formula is C27H28N4O4. The number of carbonyl (C=O) groups excluding carboxylic acids is 1. The SMILES string of the molecule is COc1ccc(OC)c(-c2cc(C(=O)N3CCC(Oc4cccc5cccnc45)CC3)n(C)n2)c1. The highest BCUT2D eigenvalue weighted by atomic mass is 16.5. The van der Waals surface area contributed by atoms with Crippen LogP contribution in [0.15, 0.2) is 60.8 Å². The molecule has 0 unspecified atom stereocenters. The van der Waals surface area contributed by atoms with Crippen molar-refractivity contribution < 1.29 is 19.0 Å². The van der Waals surface area contributed by atoms with E-state index in [9.17, 15) is 4.79 Å². The molecular weight excluding hydrogens is 444 g/mol. The second-order valence-electron chi connectivity index (χ2n) is 8.55. The zero-order chi connectivity index (χ0) is 24.4. The number of para-hydroxylation sites is 1. The highest BCUT2D eigenvalue weighted by Crippen LogP contribution is 2.33. The number of amides is 1. The zero-order valence-corrected chi connectivity index (χ0v) is 20.1. The quantitative estimate of drug-likeness (QED) is 0.416. The summed E-state index contributed by atoms with van der Waals surface area (Å²) in [5.74, 6) is 2.11. The molecule has 8 nitrogen and oxygen atoms in total. The van der Waals surface area contributed by atoms with E-state index in [4.69, 9.17) is 14.2 Å². The molecule has 0 bridgehead atoms. The summed E-state index contributed by atoms with van der Waals surface area (Å²) in [5, 5.41) is 5.64. The molecule has 0 aliphatic carbocycles. The van der Waals surface area contributed by atoms with Crippen LogP contribution in [-0.4, -0.2) is 59.0 Å². The van der Waals surface area contributed by atoms with Gasteiger partial charge in [0.1, 0.15) is 34.6 Å². The lowest BCUT2D eigenvalue weighted by atomic mass is 10.1. The van der Waals surface area contributed by atoms with Gasteiger partial charge in [0.2, 0.25) is 0 Å². The number of carbonyl (C=O) groups is 1. The number of aromatic nitrogens is 3. The standard InChI is InChI=1S/C27H28N4O4/c1-30-23(17-22(29-30)21-16-20(33-2)9-10-24(21)34-3)27(32)31-14-11-19(12-15-31)35-25-8-4-6-18-7-5-13-28-26(18)25/h4-10,13,16-17,19H,11-12,14-15H2,1-3H3. The molecule has 3 heterocycles. The molecule has 1 aliphatic heterocycles. The van der Waals surface area contributed by atoms with Crippen LogP contribution in [-0.2, 0) is 7.05 Å². The molecule has 1 fully saturated rings. The first-order chi connectivity index (χ1) is 17.1. The fraction of sp³-hybridized carbons (Fsp3) is 0.296. The molecule has 2 aromatic carbocycles. The predicted octanol–water partition coefficient (Wildman–Crippen LogP) is 4.34. The van der Waals surface area contributed by atoms with Crippen LogP contribution in [0.5, 0.6) is 17.2 Å². The highest BCUT2D eigenvalue weighted by Gasteiger charge is 2.27. The van der Waals surface area contributed by atoms with E-state index in [0.29, 0.717) is 36.0 Å². The predicted molar refractivity (Wildman–Crippen MR) is 133 cm³/mol. The maximum absolute atomic E-state index is 13.3. The van der Waals surface area contributed by atoms with Crippen molar-refractivity contribution in [3.05, 3.63) is 66.5 Å². The van der Waals surface area contributed by atoms with Crippen molar-refractivity contribution >= 4 is 16.8 Å². The molecule has 180 valence electrons. The van der Waals surface area contributed by atoms with Gasteiger partial charge >= 0.3 is 0 Å². The lowest BCUT2D eigenvalue weighted by molar-refractivity contribution is 0.0587. The van der Waals surface area contributed by atoms with Gasteiger partial charge in [0.05, 0.1) is 19.9 Å². The van der Waals surface area contributed by atoms with E-state index in [1.807, 2.05) is 59.5 Å². The van der Waals surface area contributed by atoms with Crippen molar-refractivity contribution in [1.29, 1.82) is 0 Å². The molecule has 0 radical (unpaired) electrons. The highest BCUT2D eigenvalue weighted by molar-refractivity contribution is 5.94. The summed E-state index contributed by atoms with van der Waals surface area (Å²) in [7, 11) is 5.01. The minimum atomic E-state index is -0.0432. The van der Waals surface area contributed by atoms with Crippen molar-refractivity contribution in [2.75, 3.05) is 27.3 Å². The van der Waals surface area contributed by atoms with E-state index in [0.717, 1.165) is 35.1 Å². The Kier molecular flexibility index (Phi) is 6.27. The van der Waals surface area contributed by atoms with Gasteiger partial charge in [0, 0.05) is 50.1 Å². The van der Waals surface area contributed by atoms with Crippen LogP contribution < -0.4 is 14.2 Å². The number of rotatable bonds is 6. The van der Waals surface area contributed by atoms with Gasteiger partial charge in [-0.25, -0.2) is 0 Å². The first kappa shape index (κ1) is 22.7. The van der Waals surface area contributed by atoms with Gasteiger partial charge in [-0.3, -0.25) is 14.5 Å². The molecule has 5 rings (SSSR count). The molecule has 1 saturated heterocycles. The fourth-order valence-electron chi connectivity index (χ4n) is 4.50. The fourth-order valence-corrected chi connectivity index (χ4v) is 4.50. The van der Waals surface area contributed by atoms with Crippen LogP contribution in [0.2, 0.25) is 0 Å². The molecule has 2 aromatic heterocycles. The summed E-state index contributed by atoms with van der Waals surface area (Å²) in [5.41, 5.74) is 2.83. The van der Waals surface area contributed by atoms with Crippen LogP contribution in [0.4, 0.5) is 0 Å². The average Bonchev–Trinajstić information content (AvgIpc) is 3.29. The number of aryl methyl sites for hydroxylation is 1. The second-order valence-corrected chi connectivity index (χ2v) is 8.55. The summed E-state index contributed by atoms with van der Waals surface area (Å²) >= 11 is 0. The normalized spacial score (nSPS) is 14.2. The smallest absolute Gasteiger partial charge is 0.272 e. The second kappa shape index (κ2) is 9.66. The third-order valence-corrected chi connectivity index (χ3v) is 6.40. The summed E-state index contributed by atoms with van der Waals surface area (Å²) in [6, 6.07) is 17.2. The number of benzene rings is 2. The van der Waals surface area contributed by atoms with Gasteiger partial charge in [0.15, 0.2) is 0 Å². The van der Waals surface area contributed by atoms with Crippen molar-refractivity contribution in [2.24, 2.45) is 7.05 Å². The lowest BCUT2D eigenvalue weighted by Gasteiger charge is -2.32. The number of ether oxygens (including phenoxy) is 3. The maximum Gasteiger partial charge on any atom is 0.272 e. The van der Waals surface area contributed by atoms with Gasteiger partial charge in [-0.05, 0) is 36.4 Å². The van der Waals surface area contributed by atoms with Crippen LogP contribution in [0.3, 0.4) is 0 Å². The summed E-state index contributed by atoms with van der Waals surface area (Å²) < 4.78 is 18.8. The number of piperidine rings is 1. The maximum atomic E-state index is 13.3. The molecule has 0 spiro atoms. The number of fused-ring (bicyclic) bond motifs is 1. The van der Waals surface area contributed by atoms with Crippen LogP contribution in [0.25, 0.3) is 22.2 Å². The van der Waals surface area contributed by atoms with Crippen molar-refractivity contribution in [3.63, 3.8) is 0 Å². The molecule has 35 heavy (non-hydrogen) atoms. The molecule has 0 atom stereocenters. The Bertz CT molecular complexity index is 1350. The van der Waals surface area contributed by atoms with Gasteiger partial charge in [0.25, 0.3) is 5.91 Å². The summed E-state index contributed by atoms with van der Waals surface area (Å²) in [4.78, 5) is 19.7. The first-order valence-electron chi connectivity index (χ1n) is 11.6. The van der Waals surface area contributed by atoms with Gasteiger partial charge in [-0.15, -0.1) is 0 Å². The summed E-state index contributed by atoms with van der Waals surface area (Å²) in [6.07, 6.45) is 3.32. The number of methoxy groups -OCH3 is 2. The number of hydrogen-bond donors (Lipinski definition) is 0. The summed E-state index contributed by atoms with van der Waals surface area (Å²) in [6.45, 7) is 1.23. The molecule has 4 aromatic rings. The largest absolute Gasteiger partial charge is 0.497 e. The van der Waals surface area contributed by atoms with E-state index < -0.39 is 0 Å². The van der Waals surface area contributed by atoms with E-state index >= 15 is 0 Å². The number of pyridine rings is 1. The lowest BCUT2D eigenvalue weighted by Crippen LogP contribution is -2.42. The van der Waals surface area contributed by atoms with E-state index in [2.05, 4.69) is 10.1 Å². The monoisotopic (exact) mass is 472 g/mol. The topological polar surface area (TPSA) is 78.7 Å². The Balaban J connectivity index is 1.28. The molecule has 0 N–H and O–H groups in total. The van der Waals surface area contributed by atoms with Crippen molar-refractivity contribution in [1.82, 2.24) is 19.7 Å². The molecule has 8 heteroatoms. The average molecular weight is 473 g/mol. The van der Waals surface area contributed by atoms with Crippen LogP contribution in [0, 0.1) is 0 Å². The minimum absolute atomic E-state index is 0.0369. The third kappa shape index (κ3) is 4.51. The van der Waals surface area contributed by atoms with Crippen molar-refractivity contribution in [2.45, 2.75) is 18.9 Å². The van der Waals surface area contributed by atoms with Gasteiger partial charge in [-0.1, -0.05) is 18.2 Å². The van der Waals surface area contributed by atoms with E-state index in [-0.39, 0.29) is 12.0 Å². The van der Waals surface area contributed by atoms with Gasteiger partial charge in [-0.2, -0.15) is 5.10 Å². The third-order valence-electron chi connectivity index (χ3n) is 6.40. The Morgan fingerprint density at radius 2 is 1.77 bits per heavy atom. The Labute approximate surface area is 204 Å². The molecule has 1 aliphatic rings. The van der Waals surface area contributed by atoms with Crippen LogP contribution >= 0.6 is 0 Å². The Morgan fingerprint density at radius 1 is 0.971 bits per heavy atom. The van der Waals surface area contributed by atoms with Crippen molar-refractivity contribution in [3.8, 4) is 28.5 Å². The van der Waals surface area contributed by atoms with Gasteiger partial charge < -0.3 is 19.1 Å². The van der Waals surface area contributed by atoms with E-state index in [1.165, 1.54) is 0 Å². The Morgan fingerprint density at radius 3 is 2.54 bits per heavy atom. The molecule has 1 amide bonds. The number of likely N-dealkylation sites (tertiary alicyclic amines) is 1. The molecule has 0 saturated carbocycles. The van der Waals surface area contributed by atoms with Crippen LogP contribution in [0.1, 0.15) is 23.3 Å². The minimum Gasteiger partial charge on any atom is -0.497 e. The number of nitrogens with zero attached hydrogens (tertiary/aromatic N) is 4. The van der Waals surface area contributed by atoms with E-state index in [1.54, 1.807) is 32.1 Å². The first-order valence-corrected chi connectivity index (χ1v) is 11.6. The Hall–Kier alpha value is -4.07. The zero-order valence-electron chi connectivity index (χ0n) is 20.1. The number of hydrogen-bond acceptors (Lipinski definition) is 6.